The number of nitrogens with one attached hydrogen (secondary N) is 2. The highest BCUT2D eigenvalue weighted by atomic mass is 79.9. The lowest BCUT2D eigenvalue weighted by molar-refractivity contribution is -0.111. The molecule has 0 bridgehead atoms. The Kier molecular flexibility index (Phi) is 4.52. The van der Waals surface area contributed by atoms with Gasteiger partial charge in [0.15, 0.2) is 5.58 Å². The number of rotatable bonds is 4. The van der Waals surface area contributed by atoms with Gasteiger partial charge in [0, 0.05) is 21.8 Å². The molecule has 0 saturated heterocycles. The Labute approximate surface area is 145 Å². The first-order valence-corrected chi connectivity index (χ1v) is 7.80. The molecule has 0 aliphatic carbocycles. The van der Waals surface area contributed by atoms with Gasteiger partial charge in [0.25, 0.3) is 0 Å². The van der Waals surface area contributed by atoms with Crippen LogP contribution in [0.4, 0.5) is 5.69 Å². The first-order valence-electron chi connectivity index (χ1n) is 7.00. The number of anilines is 1. The number of aromatic nitrogens is 1. The minimum absolute atomic E-state index is 0.303. The van der Waals surface area contributed by atoms with Gasteiger partial charge in [0.1, 0.15) is 5.75 Å². The van der Waals surface area contributed by atoms with Gasteiger partial charge in [-0.05, 0) is 42.5 Å². The largest absolute Gasteiger partial charge is 0.496 e. The first-order chi connectivity index (χ1) is 11.5. The van der Waals surface area contributed by atoms with Crippen molar-refractivity contribution in [1.29, 1.82) is 0 Å². The van der Waals surface area contributed by atoms with Crippen molar-refractivity contribution in [2.45, 2.75) is 0 Å². The Morgan fingerprint density at radius 1 is 1.29 bits per heavy atom. The number of benzene rings is 2. The number of halogens is 1. The average Bonchev–Trinajstić information content (AvgIpc) is 2.92. The van der Waals surface area contributed by atoms with Crippen LogP contribution in [0.3, 0.4) is 0 Å². The van der Waals surface area contributed by atoms with E-state index in [9.17, 15) is 9.59 Å². The summed E-state index contributed by atoms with van der Waals surface area (Å²) < 4.78 is 11.1. The number of fused-ring (bicyclic) bond motifs is 1. The molecular weight excluding hydrogens is 376 g/mol. The normalized spacial score (nSPS) is 11.1. The lowest BCUT2D eigenvalue weighted by Crippen LogP contribution is -2.07. The SMILES string of the molecule is COc1ccc(Br)cc1/C=C/C(=O)Nc1ccc2oc(=O)[nH]c2c1. The van der Waals surface area contributed by atoms with E-state index in [1.165, 1.54) is 6.08 Å². The van der Waals surface area contributed by atoms with E-state index in [-0.39, 0.29) is 5.91 Å². The molecule has 0 radical (unpaired) electrons. The van der Waals surface area contributed by atoms with E-state index in [2.05, 4.69) is 26.2 Å². The van der Waals surface area contributed by atoms with Gasteiger partial charge in [0.05, 0.1) is 12.6 Å². The number of hydrogen-bond acceptors (Lipinski definition) is 4. The summed E-state index contributed by atoms with van der Waals surface area (Å²) in [4.78, 5) is 25.7. The molecular formula is C17H13BrN2O4. The highest BCUT2D eigenvalue weighted by Gasteiger charge is 2.05. The van der Waals surface area contributed by atoms with E-state index in [4.69, 9.17) is 9.15 Å². The van der Waals surface area contributed by atoms with Crippen molar-refractivity contribution < 1.29 is 13.9 Å². The highest BCUT2D eigenvalue weighted by molar-refractivity contribution is 9.10. The summed E-state index contributed by atoms with van der Waals surface area (Å²) in [6.45, 7) is 0. The van der Waals surface area contributed by atoms with E-state index in [0.717, 1.165) is 10.0 Å². The second-order valence-corrected chi connectivity index (χ2v) is 5.85. The molecule has 0 aliphatic rings. The fraction of sp³-hybridized carbons (Fsp3) is 0.0588. The molecule has 7 heteroatoms. The predicted octanol–water partition coefficient (Wildman–Crippen LogP) is 3.54. The summed E-state index contributed by atoms with van der Waals surface area (Å²) in [7, 11) is 1.57. The maximum atomic E-state index is 12.1. The number of amides is 1. The summed E-state index contributed by atoms with van der Waals surface area (Å²) in [6, 6.07) is 10.4. The van der Waals surface area contributed by atoms with Gasteiger partial charge >= 0.3 is 5.76 Å². The minimum atomic E-state index is -0.532. The maximum absolute atomic E-state index is 12.1. The summed E-state index contributed by atoms with van der Waals surface area (Å²) in [5, 5.41) is 2.72. The summed E-state index contributed by atoms with van der Waals surface area (Å²) in [5.74, 6) is -0.169. The van der Waals surface area contributed by atoms with E-state index in [0.29, 0.717) is 22.5 Å². The van der Waals surface area contributed by atoms with Crippen LogP contribution in [0.1, 0.15) is 5.56 Å². The third kappa shape index (κ3) is 3.57. The van der Waals surface area contributed by atoms with Crippen LogP contribution in [0.15, 0.2) is 56.2 Å². The van der Waals surface area contributed by atoms with Crippen molar-refractivity contribution in [2.75, 3.05) is 12.4 Å². The number of aromatic amines is 1. The zero-order chi connectivity index (χ0) is 17.1. The average molecular weight is 389 g/mol. The molecule has 122 valence electrons. The molecule has 2 aromatic carbocycles. The Morgan fingerprint density at radius 2 is 2.12 bits per heavy atom. The highest BCUT2D eigenvalue weighted by Crippen LogP contribution is 2.24. The predicted molar refractivity (Wildman–Crippen MR) is 95.2 cm³/mol. The molecule has 0 saturated carbocycles. The van der Waals surface area contributed by atoms with Crippen LogP contribution in [0, 0.1) is 0 Å². The molecule has 0 atom stereocenters. The van der Waals surface area contributed by atoms with E-state index < -0.39 is 5.76 Å². The monoisotopic (exact) mass is 388 g/mol. The lowest BCUT2D eigenvalue weighted by atomic mass is 10.2. The van der Waals surface area contributed by atoms with Crippen LogP contribution in [-0.2, 0) is 4.79 Å². The smallest absolute Gasteiger partial charge is 0.417 e. The van der Waals surface area contributed by atoms with Gasteiger partial charge in [-0.15, -0.1) is 0 Å². The van der Waals surface area contributed by atoms with Crippen molar-refractivity contribution in [3.8, 4) is 5.75 Å². The van der Waals surface area contributed by atoms with Crippen molar-refractivity contribution >= 4 is 44.7 Å². The van der Waals surface area contributed by atoms with E-state index in [1.807, 2.05) is 18.2 Å². The second kappa shape index (κ2) is 6.76. The van der Waals surface area contributed by atoms with E-state index >= 15 is 0 Å². The van der Waals surface area contributed by atoms with Gasteiger partial charge in [-0.2, -0.15) is 0 Å². The number of ether oxygens (including phenoxy) is 1. The molecule has 0 aliphatic heterocycles. The number of carbonyl (C=O) groups is 1. The van der Waals surface area contributed by atoms with Crippen LogP contribution in [-0.4, -0.2) is 18.0 Å². The topological polar surface area (TPSA) is 84.3 Å². The van der Waals surface area contributed by atoms with Gasteiger partial charge in [-0.1, -0.05) is 15.9 Å². The summed E-state index contributed by atoms with van der Waals surface area (Å²) in [5.41, 5.74) is 2.29. The number of hydrogen-bond donors (Lipinski definition) is 2. The van der Waals surface area contributed by atoms with Crippen LogP contribution in [0.2, 0.25) is 0 Å². The Hall–Kier alpha value is -2.80. The summed E-state index contributed by atoms with van der Waals surface area (Å²) >= 11 is 3.38. The van der Waals surface area contributed by atoms with Crippen LogP contribution < -0.4 is 15.8 Å². The minimum Gasteiger partial charge on any atom is -0.496 e. The van der Waals surface area contributed by atoms with Crippen molar-refractivity contribution in [3.05, 3.63) is 63.1 Å². The second-order valence-electron chi connectivity index (χ2n) is 4.93. The Morgan fingerprint density at radius 3 is 2.92 bits per heavy atom. The van der Waals surface area contributed by atoms with E-state index in [1.54, 1.807) is 31.4 Å². The molecule has 0 fully saturated rings. The number of oxazole rings is 1. The van der Waals surface area contributed by atoms with Crippen molar-refractivity contribution in [2.24, 2.45) is 0 Å². The Bertz CT molecular complexity index is 988. The summed E-state index contributed by atoms with van der Waals surface area (Å²) in [6.07, 6.45) is 3.07. The van der Waals surface area contributed by atoms with Gasteiger partial charge < -0.3 is 14.5 Å². The molecule has 1 aromatic heterocycles. The molecule has 6 nitrogen and oxygen atoms in total. The molecule has 3 aromatic rings. The molecule has 24 heavy (non-hydrogen) atoms. The van der Waals surface area contributed by atoms with Gasteiger partial charge in [0.2, 0.25) is 5.91 Å². The third-order valence-electron chi connectivity index (χ3n) is 3.29. The van der Waals surface area contributed by atoms with Crippen molar-refractivity contribution in [3.63, 3.8) is 0 Å². The molecule has 1 amide bonds. The van der Waals surface area contributed by atoms with Crippen LogP contribution in [0.25, 0.3) is 17.2 Å². The standard InChI is InChI=1S/C17H13BrN2O4/c1-23-14-5-3-11(18)8-10(14)2-7-16(21)19-12-4-6-15-13(9-12)20-17(22)24-15/h2-9H,1H3,(H,19,21)(H,20,22)/b7-2+. The number of H-pyrrole nitrogens is 1. The third-order valence-corrected chi connectivity index (χ3v) is 3.79. The zero-order valence-corrected chi connectivity index (χ0v) is 14.2. The fourth-order valence-corrected chi connectivity index (χ4v) is 2.59. The van der Waals surface area contributed by atoms with Crippen LogP contribution >= 0.6 is 15.9 Å². The molecule has 0 spiro atoms. The lowest BCUT2D eigenvalue weighted by Gasteiger charge is -2.05. The Balaban J connectivity index is 1.76. The molecule has 0 unspecified atom stereocenters. The van der Waals surface area contributed by atoms with Crippen molar-refractivity contribution in [1.82, 2.24) is 4.98 Å². The van der Waals surface area contributed by atoms with Gasteiger partial charge in [-0.25, -0.2) is 4.79 Å². The fourth-order valence-electron chi connectivity index (χ4n) is 2.21. The van der Waals surface area contributed by atoms with Crippen LogP contribution in [0.5, 0.6) is 5.75 Å². The quantitative estimate of drug-likeness (QED) is 0.669. The maximum Gasteiger partial charge on any atom is 0.417 e. The zero-order valence-electron chi connectivity index (χ0n) is 12.6. The molecule has 3 rings (SSSR count). The first kappa shape index (κ1) is 16.1. The number of carbonyl (C=O) groups excluding carboxylic acids is 1. The van der Waals surface area contributed by atoms with Gasteiger partial charge in [-0.3, -0.25) is 9.78 Å². The number of methoxy groups -OCH3 is 1. The molecule has 2 N–H and O–H groups in total. The molecule has 1 heterocycles.